The van der Waals surface area contributed by atoms with Crippen molar-refractivity contribution in [2.24, 2.45) is 0 Å². The molecule has 0 fully saturated rings. The SMILES string of the molecule is c1ccc(-n2c3ccccc3c3cc(-c4ccc5c(c4)c4ccccc4n5-c4cccc(-c5ncc6c7ccccc7c7ccccc7c6n5)c4)ccc32)cc1. The van der Waals surface area contributed by atoms with Gasteiger partial charge in [-0.3, -0.25) is 0 Å². The van der Waals surface area contributed by atoms with Crippen molar-refractivity contribution >= 4 is 76.1 Å². The topological polar surface area (TPSA) is 35.6 Å². The minimum Gasteiger partial charge on any atom is -0.309 e. The molecular weight excluding hydrogens is 681 g/mol. The molecule has 0 aliphatic rings. The van der Waals surface area contributed by atoms with Crippen LogP contribution in [0.15, 0.2) is 194 Å². The smallest absolute Gasteiger partial charge is 0.159 e. The van der Waals surface area contributed by atoms with Crippen LogP contribution in [0.25, 0.3) is 110 Å². The minimum atomic E-state index is 0.715. The van der Waals surface area contributed by atoms with Crippen molar-refractivity contribution in [1.29, 1.82) is 0 Å². The fraction of sp³-hybridized carbons (Fsp3) is 0. The van der Waals surface area contributed by atoms with E-state index in [1.165, 1.54) is 65.6 Å². The molecule has 0 atom stereocenters. The Kier molecular flexibility index (Phi) is 6.60. The molecule has 12 rings (SSSR count). The number of rotatable bonds is 4. The van der Waals surface area contributed by atoms with Crippen LogP contribution in [0.2, 0.25) is 0 Å². The van der Waals surface area contributed by atoms with Gasteiger partial charge in [0.05, 0.1) is 27.6 Å². The molecule has 0 aliphatic heterocycles. The van der Waals surface area contributed by atoms with Gasteiger partial charge >= 0.3 is 0 Å². The van der Waals surface area contributed by atoms with E-state index in [-0.39, 0.29) is 0 Å². The average molecular weight is 713 g/mol. The Morgan fingerprint density at radius 2 is 0.786 bits per heavy atom. The molecule has 4 heteroatoms. The van der Waals surface area contributed by atoms with Crippen LogP contribution in [-0.4, -0.2) is 19.1 Å². The second-order valence-corrected chi connectivity index (χ2v) is 14.6. The summed E-state index contributed by atoms with van der Waals surface area (Å²) in [5, 5.41) is 10.7. The highest BCUT2D eigenvalue weighted by atomic mass is 15.0. The van der Waals surface area contributed by atoms with Crippen LogP contribution >= 0.6 is 0 Å². The molecule has 9 aromatic carbocycles. The summed E-state index contributed by atoms with van der Waals surface area (Å²) in [7, 11) is 0. The number of para-hydroxylation sites is 3. The van der Waals surface area contributed by atoms with E-state index in [9.17, 15) is 0 Å². The third-order valence-corrected chi connectivity index (χ3v) is 11.5. The highest BCUT2D eigenvalue weighted by molar-refractivity contribution is 6.24. The summed E-state index contributed by atoms with van der Waals surface area (Å²) in [5.41, 5.74) is 11.3. The predicted molar refractivity (Wildman–Crippen MR) is 234 cm³/mol. The van der Waals surface area contributed by atoms with Gasteiger partial charge in [0.2, 0.25) is 0 Å². The van der Waals surface area contributed by atoms with Crippen molar-refractivity contribution in [3.8, 4) is 33.9 Å². The van der Waals surface area contributed by atoms with Crippen LogP contribution in [0.1, 0.15) is 0 Å². The zero-order chi connectivity index (χ0) is 36.7. The Morgan fingerprint density at radius 3 is 1.43 bits per heavy atom. The first-order valence-corrected chi connectivity index (χ1v) is 19.1. The summed E-state index contributed by atoms with van der Waals surface area (Å²) < 4.78 is 4.74. The van der Waals surface area contributed by atoms with Crippen molar-refractivity contribution in [3.05, 3.63) is 194 Å². The Balaban J connectivity index is 1.00. The van der Waals surface area contributed by atoms with E-state index in [0.717, 1.165) is 38.6 Å². The van der Waals surface area contributed by atoms with Gasteiger partial charge in [-0.2, -0.15) is 0 Å². The van der Waals surface area contributed by atoms with E-state index < -0.39 is 0 Å². The molecule has 0 spiro atoms. The van der Waals surface area contributed by atoms with E-state index in [0.29, 0.717) is 5.82 Å². The Morgan fingerprint density at radius 1 is 0.304 bits per heavy atom. The molecule has 260 valence electrons. The second kappa shape index (κ2) is 12.0. The highest BCUT2D eigenvalue weighted by Gasteiger charge is 2.17. The third-order valence-electron chi connectivity index (χ3n) is 11.5. The number of benzene rings is 9. The maximum Gasteiger partial charge on any atom is 0.159 e. The van der Waals surface area contributed by atoms with Crippen LogP contribution in [0, 0.1) is 0 Å². The van der Waals surface area contributed by atoms with E-state index in [4.69, 9.17) is 9.97 Å². The number of fused-ring (bicyclic) bond motifs is 12. The zero-order valence-corrected chi connectivity index (χ0v) is 30.3. The van der Waals surface area contributed by atoms with Gasteiger partial charge in [0.25, 0.3) is 0 Å². The largest absolute Gasteiger partial charge is 0.309 e. The first-order valence-electron chi connectivity index (χ1n) is 19.1. The van der Waals surface area contributed by atoms with Crippen molar-refractivity contribution in [3.63, 3.8) is 0 Å². The number of hydrogen-bond acceptors (Lipinski definition) is 2. The molecule has 0 amide bonds. The van der Waals surface area contributed by atoms with E-state index in [1.54, 1.807) is 0 Å². The fourth-order valence-corrected chi connectivity index (χ4v) is 9.02. The standard InChI is InChI=1S/C52H32N4/c1-2-14-36(15-3-1)55-47-23-10-8-20-41(47)44-30-33(25-27-49(44)55)34-26-28-50-45(31-34)42-21-9-11-24-48(42)56(50)37-16-12-13-35(29-37)52-53-32-46-40-19-5-4-17-38(40)39-18-6-7-22-43(39)51(46)54-52/h1-32H. The molecule has 0 unspecified atom stereocenters. The van der Waals surface area contributed by atoms with Crippen LogP contribution in [0.4, 0.5) is 0 Å². The second-order valence-electron chi connectivity index (χ2n) is 14.6. The van der Waals surface area contributed by atoms with Gasteiger partial charge in [-0.1, -0.05) is 127 Å². The number of aromatic nitrogens is 4. The van der Waals surface area contributed by atoms with E-state index >= 15 is 0 Å². The molecule has 0 bridgehead atoms. The molecule has 12 aromatic rings. The zero-order valence-electron chi connectivity index (χ0n) is 30.3. The molecule has 0 N–H and O–H groups in total. The van der Waals surface area contributed by atoms with Gasteiger partial charge in [-0.25, -0.2) is 9.97 Å². The molecule has 3 heterocycles. The van der Waals surface area contributed by atoms with Gasteiger partial charge in [0.15, 0.2) is 5.82 Å². The van der Waals surface area contributed by atoms with Gasteiger partial charge in [-0.15, -0.1) is 0 Å². The van der Waals surface area contributed by atoms with Gasteiger partial charge in [0, 0.05) is 55.5 Å². The third kappa shape index (κ3) is 4.53. The lowest BCUT2D eigenvalue weighted by molar-refractivity contribution is 1.17. The summed E-state index contributed by atoms with van der Waals surface area (Å²) in [6, 6.07) is 67.6. The van der Waals surface area contributed by atoms with E-state index in [1.807, 2.05) is 6.20 Å². The summed E-state index contributed by atoms with van der Waals surface area (Å²) in [6.07, 6.45) is 2.00. The maximum atomic E-state index is 5.25. The summed E-state index contributed by atoms with van der Waals surface area (Å²) >= 11 is 0. The van der Waals surface area contributed by atoms with E-state index in [2.05, 4.69) is 197 Å². The normalized spacial score (nSPS) is 11.9. The quantitative estimate of drug-likeness (QED) is 0.170. The van der Waals surface area contributed by atoms with Crippen LogP contribution in [0.5, 0.6) is 0 Å². The summed E-state index contributed by atoms with van der Waals surface area (Å²) in [4.78, 5) is 10.2. The highest BCUT2D eigenvalue weighted by Crippen LogP contribution is 2.39. The van der Waals surface area contributed by atoms with Crippen molar-refractivity contribution in [1.82, 2.24) is 19.1 Å². The van der Waals surface area contributed by atoms with Gasteiger partial charge in [0.1, 0.15) is 0 Å². The fourth-order valence-electron chi connectivity index (χ4n) is 9.02. The number of hydrogen-bond donors (Lipinski definition) is 0. The molecule has 0 saturated heterocycles. The predicted octanol–water partition coefficient (Wildman–Crippen LogP) is 13.5. The Hall–Kier alpha value is -7.56. The lowest BCUT2D eigenvalue weighted by atomic mass is 9.98. The van der Waals surface area contributed by atoms with Crippen LogP contribution in [-0.2, 0) is 0 Å². The first kappa shape index (κ1) is 30.9. The molecule has 0 radical (unpaired) electrons. The maximum absolute atomic E-state index is 5.25. The van der Waals surface area contributed by atoms with Crippen LogP contribution in [0.3, 0.4) is 0 Å². The summed E-state index contributed by atoms with van der Waals surface area (Å²) in [5.74, 6) is 0.715. The van der Waals surface area contributed by atoms with Crippen molar-refractivity contribution < 1.29 is 0 Å². The Labute approximate surface area is 322 Å². The lowest BCUT2D eigenvalue weighted by Gasteiger charge is -2.12. The average Bonchev–Trinajstić information content (AvgIpc) is 3.79. The number of nitrogens with zero attached hydrogens (tertiary/aromatic N) is 4. The molecule has 56 heavy (non-hydrogen) atoms. The molecule has 0 aliphatic carbocycles. The molecule has 0 saturated carbocycles. The van der Waals surface area contributed by atoms with Crippen molar-refractivity contribution in [2.45, 2.75) is 0 Å². The summed E-state index contributed by atoms with van der Waals surface area (Å²) in [6.45, 7) is 0. The minimum absolute atomic E-state index is 0.715. The molecule has 3 aromatic heterocycles. The monoisotopic (exact) mass is 712 g/mol. The first-order chi connectivity index (χ1) is 27.8. The Bertz CT molecular complexity index is 3500. The van der Waals surface area contributed by atoms with Gasteiger partial charge in [-0.05, 0) is 87.9 Å². The van der Waals surface area contributed by atoms with Gasteiger partial charge < -0.3 is 9.13 Å². The van der Waals surface area contributed by atoms with Crippen LogP contribution < -0.4 is 0 Å². The molecular formula is C52H32N4. The molecule has 4 nitrogen and oxygen atoms in total. The lowest BCUT2D eigenvalue weighted by Crippen LogP contribution is -1.96. The van der Waals surface area contributed by atoms with Crippen molar-refractivity contribution in [2.75, 3.05) is 0 Å².